The van der Waals surface area contributed by atoms with Crippen LogP contribution in [-0.4, -0.2) is 11.9 Å². The van der Waals surface area contributed by atoms with Gasteiger partial charge in [-0.25, -0.2) is 0 Å². The van der Waals surface area contributed by atoms with Gasteiger partial charge in [-0.3, -0.25) is 0 Å². The second-order valence-corrected chi connectivity index (χ2v) is 6.94. The van der Waals surface area contributed by atoms with Crippen LogP contribution in [0.25, 0.3) is 0 Å². The quantitative estimate of drug-likeness (QED) is 0.692. The normalized spacial score (nSPS) is 24.6. The lowest BCUT2D eigenvalue weighted by molar-refractivity contribution is 0.366. The van der Waals surface area contributed by atoms with E-state index >= 15 is 0 Å². The van der Waals surface area contributed by atoms with Crippen LogP contribution in [0.3, 0.4) is 0 Å². The minimum Gasteiger partial charge on any atom is -0.497 e. The molecule has 0 bridgehead atoms. The Morgan fingerprint density at radius 3 is 2.88 bits per heavy atom. The van der Waals surface area contributed by atoms with E-state index < -0.39 is 0 Å². The van der Waals surface area contributed by atoms with Gasteiger partial charge < -0.3 is 4.74 Å². The summed E-state index contributed by atoms with van der Waals surface area (Å²) < 4.78 is 6.49. The molecule has 2 rings (SSSR count). The third-order valence-corrected chi connectivity index (χ3v) is 5.09. The molecule has 0 heterocycles. The Hall–Kier alpha value is -0.0200. The number of hydrogen-bond donors (Lipinski definition) is 0. The molecule has 2 atom stereocenters. The monoisotopic (exact) mass is 360 g/mol. The van der Waals surface area contributed by atoms with Crippen molar-refractivity contribution < 1.29 is 4.74 Å². The minimum atomic E-state index is 0.714. The second-order valence-electron chi connectivity index (χ2n) is 4.79. The molecule has 2 unspecified atom stereocenters. The van der Waals surface area contributed by atoms with Crippen LogP contribution >= 0.6 is 31.9 Å². The summed E-state index contributed by atoms with van der Waals surface area (Å²) in [4.78, 5) is 0.714. The Kier molecular flexibility index (Phi) is 4.92. The molecule has 1 fully saturated rings. The number of halogens is 2. The fourth-order valence-corrected chi connectivity index (χ4v) is 3.82. The molecule has 0 radical (unpaired) electrons. The predicted molar refractivity (Wildman–Crippen MR) is 79.1 cm³/mol. The molecular formula is C14H18Br2O. The molecule has 0 aliphatic heterocycles. The van der Waals surface area contributed by atoms with E-state index in [2.05, 4.69) is 44.0 Å². The van der Waals surface area contributed by atoms with Crippen molar-refractivity contribution in [2.45, 2.75) is 36.9 Å². The molecule has 1 aromatic carbocycles. The summed E-state index contributed by atoms with van der Waals surface area (Å²) in [5, 5.41) is 0. The molecule has 1 aliphatic rings. The number of benzene rings is 1. The highest BCUT2D eigenvalue weighted by Gasteiger charge is 2.21. The molecule has 3 heteroatoms. The molecule has 0 N–H and O–H groups in total. The minimum absolute atomic E-state index is 0.714. The molecule has 1 nitrogen and oxygen atoms in total. The van der Waals surface area contributed by atoms with Crippen molar-refractivity contribution in [3.63, 3.8) is 0 Å². The zero-order chi connectivity index (χ0) is 12.3. The zero-order valence-electron chi connectivity index (χ0n) is 10.1. The molecule has 1 aliphatic carbocycles. The van der Waals surface area contributed by atoms with E-state index in [-0.39, 0.29) is 0 Å². The smallest absolute Gasteiger partial charge is 0.119 e. The Morgan fingerprint density at radius 1 is 1.35 bits per heavy atom. The Morgan fingerprint density at radius 2 is 2.18 bits per heavy atom. The van der Waals surface area contributed by atoms with E-state index in [0.717, 1.165) is 18.1 Å². The second kappa shape index (κ2) is 6.24. The van der Waals surface area contributed by atoms with Gasteiger partial charge in [-0.1, -0.05) is 44.7 Å². The number of alkyl halides is 1. The summed E-state index contributed by atoms with van der Waals surface area (Å²) in [6.07, 6.45) is 6.48. The topological polar surface area (TPSA) is 9.23 Å². The molecule has 94 valence electrons. The largest absolute Gasteiger partial charge is 0.497 e. The van der Waals surface area contributed by atoms with Gasteiger partial charge in [0.2, 0.25) is 0 Å². The van der Waals surface area contributed by atoms with Crippen LogP contribution in [0.1, 0.15) is 31.2 Å². The van der Waals surface area contributed by atoms with Crippen LogP contribution in [0.2, 0.25) is 0 Å². The summed E-state index contributed by atoms with van der Waals surface area (Å²) in [6, 6.07) is 6.24. The molecule has 1 saturated carbocycles. The SMILES string of the molecule is COc1ccc(Br)c(CC2CCCC(Br)C2)c1. The summed E-state index contributed by atoms with van der Waals surface area (Å²) in [5.74, 6) is 1.76. The third kappa shape index (κ3) is 3.72. The maximum absolute atomic E-state index is 5.29. The van der Waals surface area contributed by atoms with Crippen LogP contribution in [0.15, 0.2) is 22.7 Å². The summed E-state index contributed by atoms with van der Waals surface area (Å²) in [7, 11) is 1.72. The first-order valence-corrected chi connectivity index (χ1v) is 7.86. The van der Waals surface area contributed by atoms with Gasteiger partial charge in [0.15, 0.2) is 0 Å². The van der Waals surface area contributed by atoms with E-state index in [1.165, 1.54) is 35.7 Å². The van der Waals surface area contributed by atoms with Gasteiger partial charge in [-0.15, -0.1) is 0 Å². The number of hydrogen-bond acceptors (Lipinski definition) is 1. The maximum atomic E-state index is 5.29. The van der Waals surface area contributed by atoms with Gasteiger partial charge in [-0.05, 0) is 48.9 Å². The van der Waals surface area contributed by atoms with Crippen molar-refractivity contribution in [3.8, 4) is 5.75 Å². The molecule has 1 aromatic rings. The van der Waals surface area contributed by atoms with Crippen molar-refractivity contribution in [3.05, 3.63) is 28.2 Å². The lowest BCUT2D eigenvalue weighted by Crippen LogP contribution is -2.17. The van der Waals surface area contributed by atoms with Crippen LogP contribution in [0.4, 0.5) is 0 Å². The standard InChI is InChI=1S/C14H18Br2O/c1-17-13-5-6-14(16)11(9-13)7-10-3-2-4-12(15)8-10/h5-6,9-10,12H,2-4,7-8H2,1H3. The maximum Gasteiger partial charge on any atom is 0.119 e. The fraction of sp³-hybridized carbons (Fsp3) is 0.571. The lowest BCUT2D eigenvalue weighted by atomic mass is 9.85. The van der Waals surface area contributed by atoms with E-state index in [1.807, 2.05) is 6.07 Å². The highest BCUT2D eigenvalue weighted by molar-refractivity contribution is 9.10. The van der Waals surface area contributed by atoms with Gasteiger partial charge in [-0.2, -0.15) is 0 Å². The van der Waals surface area contributed by atoms with Crippen molar-refractivity contribution >= 4 is 31.9 Å². The Labute approximate surface area is 120 Å². The van der Waals surface area contributed by atoms with Gasteiger partial charge in [0, 0.05) is 9.30 Å². The van der Waals surface area contributed by atoms with Gasteiger partial charge in [0.1, 0.15) is 5.75 Å². The van der Waals surface area contributed by atoms with Crippen LogP contribution < -0.4 is 4.74 Å². The molecule has 0 saturated heterocycles. The number of rotatable bonds is 3. The number of methoxy groups -OCH3 is 1. The first kappa shape index (κ1) is 13.4. The first-order chi connectivity index (χ1) is 8.19. The van der Waals surface area contributed by atoms with Crippen LogP contribution in [0, 0.1) is 5.92 Å². The van der Waals surface area contributed by atoms with Crippen molar-refractivity contribution in [2.75, 3.05) is 7.11 Å². The fourth-order valence-electron chi connectivity index (χ4n) is 2.56. The van der Waals surface area contributed by atoms with Crippen LogP contribution in [0.5, 0.6) is 5.75 Å². The lowest BCUT2D eigenvalue weighted by Gasteiger charge is -2.26. The molecule has 0 aromatic heterocycles. The summed E-state index contributed by atoms with van der Waals surface area (Å²) >= 11 is 7.39. The molecular weight excluding hydrogens is 344 g/mol. The molecule has 17 heavy (non-hydrogen) atoms. The highest BCUT2D eigenvalue weighted by Crippen LogP contribution is 2.33. The van der Waals surface area contributed by atoms with Crippen molar-refractivity contribution in [2.24, 2.45) is 5.92 Å². The summed E-state index contributed by atoms with van der Waals surface area (Å²) in [6.45, 7) is 0. The van der Waals surface area contributed by atoms with Gasteiger partial charge in [0.05, 0.1) is 7.11 Å². The molecule has 0 amide bonds. The van der Waals surface area contributed by atoms with E-state index in [1.54, 1.807) is 7.11 Å². The Bertz CT molecular complexity index is 378. The first-order valence-electron chi connectivity index (χ1n) is 6.15. The average Bonchev–Trinajstić information content (AvgIpc) is 2.32. The van der Waals surface area contributed by atoms with Crippen molar-refractivity contribution in [1.82, 2.24) is 0 Å². The average molecular weight is 362 g/mol. The third-order valence-electron chi connectivity index (χ3n) is 3.48. The Balaban J connectivity index is 2.06. The van der Waals surface area contributed by atoms with E-state index in [4.69, 9.17) is 4.74 Å². The van der Waals surface area contributed by atoms with Crippen LogP contribution in [-0.2, 0) is 6.42 Å². The van der Waals surface area contributed by atoms with Gasteiger partial charge >= 0.3 is 0 Å². The highest BCUT2D eigenvalue weighted by atomic mass is 79.9. The van der Waals surface area contributed by atoms with E-state index in [9.17, 15) is 0 Å². The summed E-state index contributed by atoms with van der Waals surface area (Å²) in [5.41, 5.74) is 1.37. The predicted octanol–water partition coefficient (Wildman–Crippen LogP) is 4.95. The van der Waals surface area contributed by atoms with Crippen molar-refractivity contribution in [1.29, 1.82) is 0 Å². The zero-order valence-corrected chi connectivity index (χ0v) is 13.3. The number of ether oxygens (including phenoxy) is 1. The van der Waals surface area contributed by atoms with E-state index in [0.29, 0.717) is 4.83 Å². The molecule has 0 spiro atoms. The van der Waals surface area contributed by atoms with Gasteiger partial charge in [0.25, 0.3) is 0 Å².